The number of halogens is 1. The molecular formula is C22H17FN4O3S2. The van der Waals surface area contributed by atoms with E-state index >= 15 is 0 Å². The van der Waals surface area contributed by atoms with Crippen LogP contribution in [0.1, 0.15) is 10.4 Å². The van der Waals surface area contributed by atoms with Crippen molar-refractivity contribution < 1.29 is 17.6 Å². The number of aromatic amines is 1. The number of carbonyl (C=O) groups excluding carboxylic acids is 1. The van der Waals surface area contributed by atoms with E-state index in [1.807, 2.05) is 6.07 Å². The van der Waals surface area contributed by atoms with Crippen molar-refractivity contribution in [3.63, 3.8) is 0 Å². The molecular weight excluding hydrogens is 451 g/mol. The summed E-state index contributed by atoms with van der Waals surface area (Å²) in [5.74, 6) is -1.20. The van der Waals surface area contributed by atoms with Crippen LogP contribution in [0.25, 0.3) is 5.69 Å². The summed E-state index contributed by atoms with van der Waals surface area (Å²) >= 11 is 5.21. The van der Waals surface area contributed by atoms with Crippen LogP contribution in [0.3, 0.4) is 0 Å². The van der Waals surface area contributed by atoms with Gasteiger partial charge in [-0.05, 0) is 60.7 Å². The van der Waals surface area contributed by atoms with Gasteiger partial charge in [-0.1, -0.05) is 24.3 Å². The van der Waals surface area contributed by atoms with Gasteiger partial charge in [-0.25, -0.2) is 12.8 Å². The molecule has 162 valence electrons. The summed E-state index contributed by atoms with van der Waals surface area (Å²) in [7, 11) is -4.09. The maximum atomic E-state index is 13.8. The van der Waals surface area contributed by atoms with Gasteiger partial charge < -0.3 is 10.3 Å². The van der Waals surface area contributed by atoms with Gasteiger partial charge in [0.25, 0.3) is 15.9 Å². The van der Waals surface area contributed by atoms with Gasteiger partial charge in [-0.2, -0.15) is 0 Å². The number of nitrogens with zero attached hydrogens (tertiary/aromatic N) is 1. The molecule has 0 radical (unpaired) electrons. The Balaban J connectivity index is 1.56. The molecule has 0 bridgehead atoms. The highest BCUT2D eigenvalue weighted by Gasteiger charge is 2.18. The number of H-pyrrole nitrogens is 1. The SMILES string of the molecule is O=C(Nc1cccc(-n2cc[nH]c2=S)c1)c1cccc(S(=O)(=O)Nc2ccccc2F)c1. The Morgan fingerprint density at radius 3 is 2.53 bits per heavy atom. The summed E-state index contributed by atoms with van der Waals surface area (Å²) < 4.78 is 43.6. The fourth-order valence-corrected chi connectivity index (χ4v) is 4.36. The van der Waals surface area contributed by atoms with Gasteiger partial charge in [0.2, 0.25) is 0 Å². The van der Waals surface area contributed by atoms with Gasteiger partial charge in [-0.3, -0.25) is 14.1 Å². The van der Waals surface area contributed by atoms with E-state index in [2.05, 4.69) is 15.0 Å². The summed E-state index contributed by atoms with van der Waals surface area (Å²) in [6.07, 6.45) is 3.47. The minimum absolute atomic E-state index is 0.130. The highest BCUT2D eigenvalue weighted by molar-refractivity contribution is 7.92. The molecule has 1 amide bonds. The first kappa shape index (κ1) is 21.5. The number of hydrogen-bond acceptors (Lipinski definition) is 4. The fourth-order valence-electron chi connectivity index (χ4n) is 3.01. The minimum Gasteiger partial charge on any atom is -0.337 e. The number of imidazole rings is 1. The Bertz CT molecular complexity index is 1460. The number of rotatable bonds is 6. The predicted molar refractivity (Wildman–Crippen MR) is 123 cm³/mol. The lowest BCUT2D eigenvalue weighted by molar-refractivity contribution is 0.102. The third-order valence-electron chi connectivity index (χ3n) is 4.56. The molecule has 0 aliphatic rings. The number of amides is 1. The second-order valence-corrected chi connectivity index (χ2v) is 8.82. The van der Waals surface area contributed by atoms with Crippen LogP contribution in [0, 0.1) is 10.6 Å². The third kappa shape index (κ3) is 4.61. The van der Waals surface area contributed by atoms with Crippen molar-refractivity contribution in [3.8, 4) is 5.69 Å². The second kappa shape index (κ2) is 8.77. The zero-order valence-corrected chi connectivity index (χ0v) is 18.1. The lowest BCUT2D eigenvalue weighted by Crippen LogP contribution is -2.16. The highest BCUT2D eigenvalue weighted by Crippen LogP contribution is 2.21. The Morgan fingerprint density at radius 1 is 1.00 bits per heavy atom. The van der Waals surface area contributed by atoms with Crippen molar-refractivity contribution in [2.24, 2.45) is 0 Å². The van der Waals surface area contributed by atoms with E-state index in [9.17, 15) is 17.6 Å². The molecule has 0 saturated heterocycles. The minimum atomic E-state index is -4.09. The molecule has 1 heterocycles. The molecule has 32 heavy (non-hydrogen) atoms. The molecule has 0 fully saturated rings. The van der Waals surface area contributed by atoms with E-state index in [0.29, 0.717) is 10.5 Å². The summed E-state index contributed by atoms with van der Waals surface area (Å²) in [6, 6.07) is 18.0. The average molecular weight is 469 g/mol. The van der Waals surface area contributed by atoms with E-state index in [1.54, 1.807) is 35.2 Å². The number of nitrogens with one attached hydrogen (secondary N) is 3. The molecule has 10 heteroatoms. The van der Waals surface area contributed by atoms with Crippen molar-refractivity contribution in [1.29, 1.82) is 0 Å². The largest absolute Gasteiger partial charge is 0.337 e. The van der Waals surface area contributed by atoms with Crippen molar-refractivity contribution in [1.82, 2.24) is 9.55 Å². The van der Waals surface area contributed by atoms with Crippen LogP contribution >= 0.6 is 12.2 Å². The van der Waals surface area contributed by atoms with E-state index in [4.69, 9.17) is 12.2 Å². The molecule has 0 unspecified atom stereocenters. The lowest BCUT2D eigenvalue weighted by Gasteiger charge is -2.11. The Labute approximate surface area is 188 Å². The number of para-hydroxylation sites is 1. The first-order chi connectivity index (χ1) is 15.3. The standard InChI is InChI=1S/C22H17FN4O3S2/c23-19-9-1-2-10-20(19)26-32(29,30)18-8-3-5-15(13-18)21(28)25-16-6-4-7-17(14-16)27-12-11-24-22(27)31/h1-14,26H,(H,24,31)(H,25,28). The van der Waals surface area contributed by atoms with Crippen molar-refractivity contribution >= 4 is 39.5 Å². The molecule has 4 aromatic rings. The van der Waals surface area contributed by atoms with Crippen LogP contribution in [0.4, 0.5) is 15.8 Å². The smallest absolute Gasteiger partial charge is 0.262 e. The molecule has 0 aliphatic heterocycles. The maximum Gasteiger partial charge on any atom is 0.262 e. The van der Waals surface area contributed by atoms with E-state index in [0.717, 1.165) is 11.8 Å². The molecule has 0 atom stereocenters. The van der Waals surface area contributed by atoms with Gasteiger partial charge in [0.15, 0.2) is 4.77 Å². The van der Waals surface area contributed by atoms with Gasteiger partial charge >= 0.3 is 0 Å². The van der Waals surface area contributed by atoms with E-state index in [1.165, 1.54) is 42.5 Å². The first-order valence-electron chi connectivity index (χ1n) is 9.39. The van der Waals surface area contributed by atoms with Gasteiger partial charge in [0.1, 0.15) is 5.82 Å². The topological polar surface area (TPSA) is 96.0 Å². The molecule has 3 aromatic carbocycles. The molecule has 3 N–H and O–H groups in total. The Morgan fingerprint density at radius 2 is 1.78 bits per heavy atom. The molecule has 0 spiro atoms. The number of anilines is 2. The summed E-state index contributed by atoms with van der Waals surface area (Å²) in [5.41, 5.74) is 1.21. The number of aromatic nitrogens is 2. The van der Waals surface area contributed by atoms with E-state index in [-0.39, 0.29) is 16.1 Å². The zero-order valence-electron chi connectivity index (χ0n) is 16.4. The van der Waals surface area contributed by atoms with E-state index < -0.39 is 21.7 Å². The molecule has 0 aliphatic carbocycles. The van der Waals surface area contributed by atoms with Crippen LogP contribution in [0.15, 0.2) is 90.1 Å². The number of sulfonamides is 1. The van der Waals surface area contributed by atoms with Crippen LogP contribution < -0.4 is 10.0 Å². The van der Waals surface area contributed by atoms with Crippen LogP contribution in [0.2, 0.25) is 0 Å². The average Bonchev–Trinajstić information content (AvgIpc) is 3.21. The molecule has 0 saturated carbocycles. The first-order valence-corrected chi connectivity index (χ1v) is 11.3. The van der Waals surface area contributed by atoms with Crippen LogP contribution in [0.5, 0.6) is 0 Å². The van der Waals surface area contributed by atoms with Crippen molar-refractivity contribution in [2.75, 3.05) is 10.0 Å². The number of hydrogen-bond donors (Lipinski definition) is 3. The summed E-state index contributed by atoms with van der Waals surface area (Å²) in [4.78, 5) is 15.5. The molecule has 1 aromatic heterocycles. The normalized spacial score (nSPS) is 11.2. The molecule has 7 nitrogen and oxygen atoms in total. The molecule has 4 rings (SSSR count). The van der Waals surface area contributed by atoms with Crippen molar-refractivity contribution in [2.45, 2.75) is 4.90 Å². The zero-order chi connectivity index (χ0) is 22.7. The number of carbonyl (C=O) groups is 1. The Hall–Kier alpha value is -3.76. The van der Waals surface area contributed by atoms with Crippen LogP contribution in [-0.4, -0.2) is 23.9 Å². The van der Waals surface area contributed by atoms with Gasteiger partial charge in [0.05, 0.1) is 10.6 Å². The monoisotopic (exact) mass is 468 g/mol. The second-order valence-electron chi connectivity index (χ2n) is 6.75. The van der Waals surface area contributed by atoms with Gasteiger partial charge in [-0.15, -0.1) is 0 Å². The highest BCUT2D eigenvalue weighted by atomic mass is 32.2. The third-order valence-corrected chi connectivity index (χ3v) is 6.23. The van der Waals surface area contributed by atoms with Crippen LogP contribution in [-0.2, 0) is 10.0 Å². The maximum absolute atomic E-state index is 13.8. The van der Waals surface area contributed by atoms with Gasteiger partial charge in [0, 0.05) is 29.3 Å². The number of benzene rings is 3. The predicted octanol–water partition coefficient (Wildman–Crippen LogP) is 4.73. The lowest BCUT2D eigenvalue weighted by atomic mass is 10.2. The Kier molecular flexibility index (Phi) is 5.89. The fraction of sp³-hybridized carbons (Fsp3) is 0. The quantitative estimate of drug-likeness (QED) is 0.357. The summed E-state index contributed by atoms with van der Waals surface area (Å²) in [6.45, 7) is 0. The summed E-state index contributed by atoms with van der Waals surface area (Å²) in [5, 5.41) is 2.75. The van der Waals surface area contributed by atoms with Crippen molar-refractivity contribution in [3.05, 3.63) is 101 Å².